The predicted octanol–water partition coefficient (Wildman–Crippen LogP) is 5.38. The van der Waals surface area contributed by atoms with Gasteiger partial charge in [0.2, 0.25) is 5.91 Å². The number of thioether (sulfide) groups is 1. The van der Waals surface area contributed by atoms with E-state index in [0.29, 0.717) is 37.8 Å². The van der Waals surface area contributed by atoms with Crippen LogP contribution in [0.1, 0.15) is 44.6 Å². The van der Waals surface area contributed by atoms with Crippen LogP contribution in [0.2, 0.25) is 5.02 Å². The van der Waals surface area contributed by atoms with E-state index in [-0.39, 0.29) is 23.1 Å². The van der Waals surface area contributed by atoms with Crippen molar-refractivity contribution in [1.82, 2.24) is 14.9 Å². The lowest BCUT2D eigenvalue weighted by atomic mass is 9.89. The summed E-state index contributed by atoms with van der Waals surface area (Å²) in [5.41, 5.74) is 0.366. The molecule has 0 radical (unpaired) electrons. The first-order valence-electron chi connectivity index (χ1n) is 11.8. The van der Waals surface area contributed by atoms with E-state index < -0.39 is 5.54 Å². The molecule has 2 atom stereocenters. The lowest BCUT2D eigenvalue weighted by molar-refractivity contribution is -0.120. The summed E-state index contributed by atoms with van der Waals surface area (Å²) in [6, 6.07) is 7.27. The molecule has 3 aromatic rings. The van der Waals surface area contributed by atoms with Gasteiger partial charge in [0.05, 0.1) is 30.0 Å². The maximum Gasteiger partial charge on any atom is 0.267 e. The molecule has 0 unspecified atom stereocenters. The Hall–Kier alpha value is -2.54. The number of amides is 1. The van der Waals surface area contributed by atoms with Crippen molar-refractivity contribution in [2.45, 2.75) is 57.7 Å². The summed E-state index contributed by atoms with van der Waals surface area (Å²) < 4.78 is 7.05. The summed E-state index contributed by atoms with van der Waals surface area (Å²) in [5, 5.41) is 13.8. The summed E-state index contributed by atoms with van der Waals surface area (Å²) in [4.78, 5) is 33.6. The maximum absolute atomic E-state index is 14.0. The molecule has 1 aliphatic rings. The Kier molecular flexibility index (Phi) is 7.69. The lowest BCUT2D eigenvalue weighted by Crippen LogP contribution is -2.49. The smallest absolute Gasteiger partial charge is 0.267 e. The van der Waals surface area contributed by atoms with Crippen molar-refractivity contribution in [2.75, 3.05) is 12.9 Å². The molecule has 1 aliphatic carbocycles. The van der Waals surface area contributed by atoms with Gasteiger partial charge in [0, 0.05) is 9.90 Å². The number of benzene rings is 1. The number of carbonyl (C=O) groups excluding carboxylic acids is 1. The summed E-state index contributed by atoms with van der Waals surface area (Å²) >= 11 is 9.03. The van der Waals surface area contributed by atoms with Crippen LogP contribution in [0.4, 0.5) is 0 Å². The Morgan fingerprint density at radius 3 is 2.89 bits per heavy atom. The first-order chi connectivity index (χ1) is 17.1. The van der Waals surface area contributed by atoms with Gasteiger partial charge in [-0.1, -0.05) is 44.1 Å². The fourth-order valence-electron chi connectivity index (χ4n) is 4.28. The van der Waals surface area contributed by atoms with Gasteiger partial charge in [-0.15, -0.1) is 11.3 Å². The Balaban J connectivity index is 1.82. The molecule has 7 nitrogen and oxygen atoms in total. The molecule has 2 heterocycles. The number of carbonyl (C=O) groups is 1. The minimum Gasteiger partial charge on any atom is -0.495 e. The van der Waals surface area contributed by atoms with Crippen molar-refractivity contribution in [2.24, 2.45) is 11.8 Å². The van der Waals surface area contributed by atoms with Crippen LogP contribution in [0.25, 0.3) is 15.9 Å². The van der Waals surface area contributed by atoms with E-state index in [0.717, 1.165) is 36.6 Å². The van der Waals surface area contributed by atoms with Gasteiger partial charge in [0.15, 0.2) is 5.16 Å². The standard InChI is InChI=1S/C26H29ClN4O3S2/c1-14(2)26(4,13-28)30-21(32)12-35-25-29-23-22(17-8-6-15(3)10-20(17)36-23)24(33)31(25)18-11-16(27)7-9-19(18)34-5/h7,9,11,14-15H,6,8,10,12H2,1-5H3,(H,30,32)/t15-,26+/m1/s1. The number of halogens is 1. The Morgan fingerprint density at radius 1 is 1.47 bits per heavy atom. The minimum atomic E-state index is -0.992. The zero-order chi connectivity index (χ0) is 26.2. The molecule has 1 aromatic carbocycles. The number of thiophene rings is 1. The van der Waals surface area contributed by atoms with Crippen LogP contribution in [0.15, 0.2) is 28.2 Å². The highest BCUT2D eigenvalue weighted by Crippen LogP contribution is 2.38. The van der Waals surface area contributed by atoms with E-state index in [2.05, 4.69) is 18.3 Å². The van der Waals surface area contributed by atoms with Crippen LogP contribution in [-0.2, 0) is 17.6 Å². The average molecular weight is 545 g/mol. The van der Waals surface area contributed by atoms with Crippen LogP contribution in [-0.4, -0.2) is 33.9 Å². The van der Waals surface area contributed by atoms with Crippen molar-refractivity contribution in [3.05, 3.63) is 44.0 Å². The highest BCUT2D eigenvalue weighted by Gasteiger charge is 2.31. The largest absolute Gasteiger partial charge is 0.495 e. The predicted molar refractivity (Wildman–Crippen MR) is 146 cm³/mol. The number of nitrogens with zero attached hydrogens (tertiary/aromatic N) is 3. The van der Waals surface area contributed by atoms with Crippen molar-refractivity contribution < 1.29 is 9.53 Å². The second kappa shape index (κ2) is 10.4. The summed E-state index contributed by atoms with van der Waals surface area (Å²) in [7, 11) is 1.53. The first kappa shape index (κ1) is 26.5. The second-order valence-electron chi connectivity index (χ2n) is 9.69. The molecule has 10 heteroatoms. The molecular weight excluding hydrogens is 516 g/mol. The van der Waals surface area contributed by atoms with E-state index in [1.807, 2.05) is 13.8 Å². The van der Waals surface area contributed by atoms with Crippen molar-refractivity contribution in [3.8, 4) is 17.5 Å². The van der Waals surface area contributed by atoms with Gasteiger partial charge in [-0.05, 0) is 61.8 Å². The summed E-state index contributed by atoms with van der Waals surface area (Å²) in [5.74, 6) is 0.653. The molecule has 0 spiro atoms. The number of methoxy groups -OCH3 is 1. The number of hydrogen-bond donors (Lipinski definition) is 1. The van der Waals surface area contributed by atoms with E-state index in [1.165, 1.54) is 16.6 Å². The van der Waals surface area contributed by atoms with Gasteiger partial charge in [-0.3, -0.25) is 14.2 Å². The van der Waals surface area contributed by atoms with Gasteiger partial charge in [-0.2, -0.15) is 5.26 Å². The Bertz CT molecular complexity index is 1430. The Morgan fingerprint density at radius 2 is 2.22 bits per heavy atom. The average Bonchev–Trinajstić information content (AvgIpc) is 3.20. The molecule has 0 fully saturated rings. The molecule has 0 aliphatic heterocycles. The highest BCUT2D eigenvalue weighted by atomic mass is 35.5. The molecule has 0 saturated heterocycles. The number of aromatic nitrogens is 2. The van der Waals surface area contributed by atoms with E-state index in [1.54, 1.807) is 36.5 Å². The van der Waals surface area contributed by atoms with Gasteiger partial charge in [-0.25, -0.2) is 4.98 Å². The quantitative estimate of drug-likeness (QED) is 0.317. The third kappa shape index (κ3) is 4.99. The monoisotopic (exact) mass is 544 g/mol. The zero-order valence-electron chi connectivity index (χ0n) is 21.0. The third-order valence-electron chi connectivity index (χ3n) is 6.80. The fraction of sp³-hybridized carbons (Fsp3) is 0.462. The molecule has 0 saturated carbocycles. The number of fused-ring (bicyclic) bond motifs is 3. The molecule has 4 rings (SSSR count). The topological polar surface area (TPSA) is 97.0 Å². The molecular formula is C26H29ClN4O3S2. The van der Waals surface area contributed by atoms with E-state index in [4.69, 9.17) is 21.3 Å². The number of ether oxygens (including phenoxy) is 1. The number of hydrogen-bond acceptors (Lipinski definition) is 7. The van der Waals surface area contributed by atoms with Crippen molar-refractivity contribution in [1.29, 1.82) is 5.26 Å². The van der Waals surface area contributed by atoms with Gasteiger partial charge >= 0.3 is 0 Å². The van der Waals surface area contributed by atoms with E-state index >= 15 is 0 Å². The molecule has 190 valence electrons. The SMILES string of the molecule is COc1ccc(Cl)cc1-n1c(SCC(=O)N[C@@](C)(C#N)C(C)C)nc2sc3c(c2c1=O)CC[C@@H](C)C3. The molecule has 0 bridgehead atoms. The third-order valence-corrected chi connectivity index (χ3v) is 9.12. The number of nitriles is 1. The van der Waals surface area contributed by atoms with Crippen molar-refractivity contribution >= 4 is 50.8 Å². The molecule has 1 amide bonds. The zero-order valence-corrected chi connectivity index (χ0v) is 23.4. The van der Waals surface area contributed by atoms with Crippen LogP contribution >= 0.6 is 34.7 Å². The lowest BCUT2D eigenvalue weighted by Gasteiger charge is -2.27. The van der Waals surface area contributed by atoms with Gasteiger partial charge in [0.1, 0.15) is 16.1 Å². The second-order valence-corrected chi connectivity index (χ2v) is 12.2. The van der Waals surface area contributed by atoms with Gasteiger partial charge < -0.3 is 10.1 Å². The fourth-order valence-corrected chi connectivity index (χ4v) is 6.67. The van der Waals surface area contributed by atoms with Crippen LogP contribution in [0.3, 0.4) is 0 Å². The maximum atomic E-state index is 14.0. The van der Waals surface area contributed by atoms with Crippen molar-refractivity contribution in [3.63, 3.8) is 0 Å². The van der Waals surface area contributed by atoms with Crippen LogP contribution in [0, 0.1) is 23.2 Å². The molecule has 36 heavy (non-hydrogen) atoms. The van der Waals surface area contributed by atoms with Crippen LogP contribution < -0.4 is 15.6 Å². The Labute approximate surface area is 223 Å². The van der Waals surface area contributed by atoms with Crippen LogP contribution in [0.5, 0.6) is 5.75 Å². The summed E-state index contributed by atoms with van der Waals surface area (Å²) in [6.07, 6.45) is 2.81. The number of rotatable bonds is 7. The van der Waals surface area contributed by atoms with E-state index in [9.17, 15) is 14.9 Å². The molecule has 1 N–H and O–H groups in total. The molecule has 2 aromatic heterocycles. The number of nitrogens with one attached hydrogen (secondary N) is 1. The summed E-state index contributed by atoms with van der Waals surface area (Å²) in [6.45, 7) is 7.69. The minimum absolute atomic E-state index is 0.00700. The van der Waals surface area contributed by atoms with Gasteiger partial charge in [0.25, 0.3) is 5.56 Å². The number of aryl methyl sites for hydroxylation is 1. The normalized spacial score (nSPS) is 16.9. The first-order valence-corrected chi connectivity index (χ1v) is 14.0. The highest BCUT2D eigenvalue weighted by molar-refractivity contribution is 7.99.